The van der Waals surface area contributed by atoms with Crippen molar-refractivity contribution in [2.75, 3.05) is 37.9 Å². The zero-order chi connectivity index (χ0) is 18.1. The summed E-state index contributed by atoms with van der Waals surface area (Å²) in [5.41, 5.74) is 2.45. The number of rotatable bonds is 5. The van der Waals surface area contributed by atoms with E-state index in [2.05, 4.69) is 16.9 Å². The van der Waals surface area contributed by atoms with E-state index < -0.39 is 0 Å². The molecule has 0 atom stereocenters. The van der Waals surface area contributed by atoms with Crippen molar-refractivity contribution in [1.82, 2.24) is 19.6 Å². The molecule has 3 heterocycles. The van der Waals surface area contributed by atoms with Crippen molar-refractivity contribution in [3.05, 3.63) is 36.0 Å². The summed E-state index contributed by atoms with van der Waals surface area (Å²) in [6.45, 7) is 7.79. The fourth-order valence-electron chi connectivity index (χ4n) is 3.08. The number of Topliss-reactive ketones (excluding diaryl/α,β-unsaturated/α-hetero) is 1. The minimum atomic E-state index is 0.0531. The predicted molar refractivity (Wildman–Crippen MR) is 102 cm³/mol. The number of carbonyl (C=O) groups excluding carboxylic acids is 1. The van der Waals surface area contributed by atoms with Gasteiger partial charge in [-0.1, -0.05) is 29.5 Å². The Morgan fingerprint density at radius 2 is 2.15 bits per heavy atom. The molecule has 1 fully saturated rings. The lowest BCUT2D eigenvalue weighted by Gasteiger charge is -2.36. The smallest absolute Gasteiger partial charge is 0.222 e. The van der Waals surface area contributed by atoms with Crippen LogP contribution in [-0.2, 0) is 4.74 Å². The number of hydrazine groups is 1. The Bertz CT molecular complexity index is 897. The monoisotopic (exact) mass is 371 g/mol. The molecule has 4 rings (SSSR count). The molecule has 1 aromatic carbocycles. The van der Waals surface area contributed by atoms with Gasteiger partial charge in [0.25, 0.3) is 0 Å². The molecule has 26 heavy (non-hydrogen) atoms. The Hall–Kier alpha value is -2.29. The summed E-state index contributed by atoms with van der Waals surface area (Å²) in [5, 5.41) is 10.1. The molecule has 2 aromatic heterocycles. The van der Waals surface area contributed by atoms with Gasteiger partial charge in [-0.3, -0.25) is 9.80 Å². The molecule has 136 valence electrons. The fraction of sp³-hybridized carbons (Fsp3) is 0.389. The highest BCUT2D eigenvalue weighted by molar-refractivity contribution is 7.20. The second-order valence-corrected chi connectivity index (χ2v) is 7.09. The topological polar surface area (TPSA) is 63.0 Å². The fourth-order valence-corrected chi connectivity index (χ4v) is 4.06. The molecule has 0 bridgehead atoms. The van der Waals surface area contributed by atoms with Gasteiger partial charge >= 0.3 is 0 Å². The van der Waals surface area contributed by atoms with Crippen molar-refractivity contribution in [2.45, 2.75) is 13.8 Å². The molecule has 0 N–H and O–H groups in total. The van der Waals surface area contributed by atoms with Gasteiger partial charge in [-0.2, -0.15) is 0 Å². The van der Waals surface area contributed by atoms with Gasteiger partial charge in [-0.15, -0.1) is 5.10 Å². The van der Waals surface area contributed by atoms with E-state index in [4.69, 9.17) is 14.8 Å². The zero-order valence-corrected chi connectivity index (χ0v) is 15.7. The highest BCUT2D eigenvalue weighted by atomic mass is 32.1. The third-order valence-electron chi connectivity index (χ3n) is 4.45. The van der Waals surface area contributed by atoms with Gasteiger partial charge in [-0.25, -0.2) is 14.5 Å². The van der Waals surface area contributed by atoms with Crippen LogP contribution in [0.25, 0.3) is 16.2 Å². The van der Waals surface area contributed by atoms with Crippen molar-refractivity contribution in [3.63, 3.8) is 0 Å². The Balaban J connectivity index is 1.63. The molecule has 0 spiro atoms. The lowest BCUT2D eigenvalue weighted by molar-refractivity contribution is 0.0321. The van der Waals surface area contributed by atoms with Crippen LogP contribution in [0.4, 0.5) is 5.13 Å². The number of fused-ring (bicyclic) bond motifs is 1. The van der Waals surface area contributed by atoms with Crippen LogP contribution in [-0.4, -0.2) is 58.2 Å². The van der Waals surface area contributed by atoms with E-state index >= 15 is 0 Å². The van der Waals surface area contributed by atoms with Crippen LogP contribution in [0, 0.1) is 0 Å². The first-order valence-corrected chi connectivity index (χ1v) is 9.55. The molecule has 0 saturated carbocycles. The summed E-state index contributed by atoms with van der Waals surface area (Å²) >= 11 is 1.57. The second-order valence-electron chi connectivity index (χ2n) is 6.16. The number of nitrogens with zero attached hydrogens (tertiary/aromatic N) is 5. The van der Waals surface area contributed by atoms with Gasteiger partial charge in [0.15, 0.2) is 5.78 Å². The molecule has 0 amide bonds. The average Bonchev–Trinajstić information content (AvgIpc) is 3.22. The van der Waals surface area contributed by atoms with Crippen LogP contribution in [0.3, 0.4) is 0 Å². The van der Waals surface area contributed by atoms with E-state index in [1.807, 2.05) is 35.0 Å². The van der Waals surface area contributed by atoms with E-state index in [1.54, 1.807) is 18.3 Å². The summed E-state index contributed by atoms with van der Waals surface area (Å²) in [5.74, 6) is 0.0531. The SMILES string of the molecule is CCN(c1nn2cc(-c3cccc(C(C)=O)c3)nc2s1)N1CCOCC1. The predicted octanol–water partition coefficient (Wildman–Crippen LogP) is 2.73. The molecule has 1 aliphatic heterocycles. The lowest BCUT2D eigenvalue weighted by Crippen LogP contribution is -2.49. The number of ether oxygens (including phenoxy) is 1. The Morgan fingerprint density at radius 1 is 1.35 bits per heavy atom. The molecule has 1 saturated heterocycles. The lowest BCUT2D eigenvalue weighted by atomic mass is 10.1. The number of aromatic nitrogens is 3. The highest BCUT2D eigenvalue weighted by Gasteiger charge is 2.21. The number of hydrogen-bond acceptors (Lipinski definition) is 7. The summed E-state index contributed by atoms with van der Waals surface area (Å²) in [4.78, 5) is 17.1. The van der Waals surface area contributed by atoms with E-state index in [1.165, 1.54) is 0 Å². The van der Waals surface area contributed by atoms with Gasteiger partial charge in [-0.05, 0) is 19.9 Å². The molecule has 7 nitrogen and oxygen atoms in total. The van der Waals surface area contributed by atoms with Gasteiger partial charge in [0, 0.05) is 30.8 Å². The van der Waals surface area contributed by atoms with Gasteiger partial charge in [0.2, 0.25) is 10.1 Å². The quantitative estimate of drug-likeness (QED) is 0.643. The van der Waals surface area contributed by atoms with Crippen LogP contribution in [0.5, 0.6) is 0 Å². The minimum absolute atomic E-state index is 0.0531. The largest absolute Gasteiger partial charge is 0.379 e. The summed E-state index contributed by atoms with van der Waals surface area (Å²) in [7, 11) is 0. The number of hydrogen-bond donors (Lipinski definition) is 0. The number of anilines is 1. The van der Waals surface area contributed by atoms with Crippen molar-refractivity contribution < 1.29 is 9.53 Å². The van der Waals surface area contributed by atoms with Gasteiger partial charge < -0.3 is 4.74 Å². The normalized spacial score (nSPS) is 15.5. The standard InChI is InChI=1S/C18H21N5O2S/c1-3-23(21-7-9-25-10-8-21)18-20-22-12-16(19-17(22)26-18)15-6-4-5-14(11-15)13(2)24/h4-6,11-12H,3,7-10H2,1-2H3. The number of carbonyl (C=O) groups is 1. The summed E-state index contributed by atoms with van der Waals surface area (Å²) < 4.78 is 7.26. The zero-order valence-electron chi connectivity index (χ0n) is 14.9. The van der Waals surface area contributed by atoms with E-state index in [0.717, 1.165) is 54.2 Å². The molecule has 0 radical (unpaired) electrons. The minimum Gasteiger partial charge on any atom is -0.379 e. The molecule has 1 aliphatic rings. The molecule has 0 unspecified atom stereocenters. The molecular weight excluding hydrogens is 350 g/mol. The molecule has 3 aromatic rings. The van der Waals surface area contributed by atoms with Gasteiger partial charge in [0.05, 0.1) is 25.1 Å². The molecular formula is C18H21N5O2S. The van der Waals surface area contributed by atoms with Crippen LogP contribution in [0.15, 0.2) is 30.5 Å². The Morgan fingerprint density at radius 3 is 2.85 bits per heavy atom. The number of morpholine rings is 1. The van der Waals surface area contributed by atoms with E-state index in [0.29, 0.717) is 5.56 Å². The number of benzene rings is 1. The number of ketones is 1. The highest BCUT2D eigenvalue weighted by Crippen LogP contribution is 2.28. The maximum absolute atomic E-state index is 11.6. The van der Waals surface area contributed by atoms with Crippen molar-refractivity contribution in [1.29, 1.82) is 0 Å². The number of imidazole rings is 1. The van der Waals surface area contributed by atoms with E-state index in [9.17, 15) is 4.79 Å². The van der Waals surface area contributed by atoms with Crippen LogP contribution in [0.1, 0.15) is 24.2 Å². The van der Waals surface area contributed by atoms with Crippen molar-refractivity contribution in [3.8, 4) is 11.3 Å². The summed E-state index contributed by atoms with van der Waals surface area (Å²) in [6.07, 6.45) is 1.92. The summed E-state index contributed by atoms with van der Waals surface area (Å²) in [6, 6.07) is 7.55. The van der Waals surface area contributed by atoms with E-state index in [-0.39, 0.29) is 5.78 Å². The third-order valence-corrected chi connectivity index (χ3v) is 5.38. The van der Waals surface area contributed by atoms with Crippen molar-refractivity contribution in [2.24, 2.45) is 0 Å². The van der Waals surface area contributed by atoms with Crippen LogP contribution >= 0.6 is 11.3 Å². The molecule has 0 aliphatic carbocycles. The maximum Gasteiger partial charge on any atom is 0.222 e. The van der Waals surface area contributed by atoms with Gasteiger partial charge in [0.1, 0.15) is 0 Å². The first-order chi connectivity index (χ1) is 12.7. The Kier molecular flexibility index (Phi) is 4.71. The van der Waals surface area contributed by atoms with Crippen LogP contribution < -0.4 is 5.01 Å². The first-order valence-electron chi connectivity index (χ1n) is 8.73. The van der Waals surface area contributed by atoms with Crippen LogP contribution in [0.2, 0.25) is 0 Å². The molecule has 8 heteroatoms. The maximum atomic E-state index is 11.6. The van der Waals surface area contributed by atoms with Crippen molar-refractivity contribution >= 4 is 27.2 Å². The first kappa shape index (κ1) is 17.1. The average molecular weight is 371 g/mol. The second kappa shape index (κ2) is 7.14. The third kappa shape index (κ3) is 3.23. The Labute approximate surface area is 155 Å².